The number of azide groups is 1. The minimum Gasteiger partial charge on any atom is -0.303 e. The molecule has 12 heavy (non-hydrogen) atoms. The molecule has 0 saturated heterocycles. The Labute approximate surface area is 72.2 Å². The molecule has 0 aliphatic heterocycles. The average Bonchev–Trinajstić information content (AvgIpc) is 2.05. The largest absolute Gasteiger partial charge is 0.303 e. The van der Waals surface area contributed by atoms with Crippen LogP contribution in [0.1, 0.15) is 13.3 Å². The lowest BCUT2D eigenvalue weighted by atomic mass is 10.2. The Kier molecular flexibility index (Phi) is 5.80. The van der Waals surface area contributed by atoms with Crippen LogP contribution in [0.5, 0.6) is 0 Å². The predicted molar refractivity (Wildman–Crippen MR) is 46.3 cm³/mol. The summed E-state index contributed by atoms with van der Waals surface area (Å²) in [7, 11) is 1.91. The van der Waals surface area contributed by atoms with E-state index in [-0.39, 0.29) is 6.04 Å². The third-order valence-electron chi connectivity index (χ3n) is 1.76. The standard InChI is InChI=1S/C7H13N5/c1-7(3-4-8)12(2)6-5-10-11-9/h7H,3,5-6H2,1-2H3. The molecule has 5 heteroatoms. The molecule has 1 unspecified atom stereocenters. The van der Waals surface area contributed by atoms with Gasteiger partial charge in [0.05, 0.1) is 12.5 Å². The molecular formula is C7H13N5. The van der Waals surface area contributed by atoms with Gasteiger partial charge in [0, 0.05) is 24.0 Å². The molecule has 0 aliphatic carbocycles. The molecule has 0 aromatic heterocycles. The van der Waals surface area contributed by atoms with Gasteiger partial charge in [-0.15, -0.1) is 0 Å². The lowest BCUT2D eigenvalue weighted by molar-refractivity contribution is 0.268. The predicted octanol–water partition coefficient (Wildman–Crippen LogP) is 1.53. The van der Waals surface area contributed by atoms with E-state index in [0.717, 1.165) is 0 Å². The van der Waals surface area contributed by atoms with Gasteiger partial charge in [0.15, 0.2) is 0 Å². The van der Waals surface area contributed by atoms with Crippen LogP contribution in [-0.4, -0.2) is 31.1 Å². The number of nitrogens with zero attached hydrogens (tertiary/aromatic N) is 5. The van der Waals surface area contributed by atoms with Crippen molar-refractivity contribution in [3.8, 4) is 6.07 Å². The quantitative estimate of drug-likeness (QED) is 0.353. The van der Waals surface area contributed by atoms with Crippen molar-refractivity contribution in [1.29, 1.82) is 5.26 Å². The minimum absolute atomic E-state index is 0.226. The van der Waals surface area contributed by atoms with Gasteiger partial charge in [-0.3, -0.25) is 0 Å². The molecule has 0 spiro atoms. The fourth-order valence-corrected chi connectivity index (χ4v) is 0.756. The van der Waals surface area contributed by atoms with Crippen molar-refractivity contribution in [2.45, 2.75) is 19.4 Å². The van der Waals surface area contributed by atoms with Crippen molar-refractivity contribution in [1.82, 2.24) is 4.90 Å². The molecule has 0 heterocycles. The Hall–Kier alpha value is -1.24. The van der Waals surface area contributed by atoms with Crippen LogP contribution in [0.4, 0.5) is 0 Å². The molecule has 0 saturated carbocycles. The van der Waals surface area contributed by atoms with Gasteiger partial charge in [0.2, 0.25) is 0 Å². The zero-order valence-electron chi connectivity index (χ0n) is 7.43. The average molecular weight is 167 g/mol. The third kappa shape index (κ3) is 4.56. The summed E-state index contributed by atoms with van der Waals surface area (Å²) in [4.78, 5) is 4.64. The maximum absolute atomic E-state index is 8.40. The summed E-state index contributed by atoms with van der Waals surface area (Å²) in [6.07, 6.45) is 0.507. The van der Waals surface area contributed by atoms with E-state index in [2.05, 4.69) is 16.1 Å². The molecule has 5 nitrogen and oxygen atoms in total. The zero-order valence-corrected chi connectivity index (χ0v) is 7.43. The Morgan fingerprint density at radius 3 is 2.92 bits per heavy atom. The topological polar surface area (TPSA) is 75.8 Å². The fourth-order valence-electron chi connectivity index (χ4n) is 0.756. The fraction of sp³-hybridized carbons (Fsp3) is 0.857. The maximum atomic E-state index is 8.40. The van der Waals surface area contributed by atoms with Crippen molar-refractivity contribution in [2.24, 2.45) is 5.11 Å². The van der Waals surface area contributed by atoms with Gasteiger partial charge in [0.1, 0.15) is 0 Å². The summed E-state index contributed by atoms with van der Waals surface area (Å²) >= 11 is 0. The minimum atomic E-state index is 0.226. The highest BCUT2D eigenvalue weighted by Gasteiger charge is 2.06. The van der Waals surface area contributed by atoms with Crippen LogP contribution in [0.15, 0.2) is 5.11 Å². The highest BCUT2D eigenvalue weighted by Crippen LogP contribution is 1.98. The number of rotatable bonds is 5. The number of likely N-dealkylation sites (N-methyl/N-ethyl adjacent to an activating group) is 1. The molecule has 1 atom stereocenters. The van der Waals surface area contributed by atoms with E-state index in [4.69, 9.17) is 10.8 Å². The summed E-state index contributed by atoms with van der Waals surface area (Å²) in [6, 6.07) is 2.32. The van der Waals surface area contributed by atoms with Gasteiger partial charge in [-0.2, -0.15) is 5.26 Å². The summed E-state index contributed by atoms with van der Waals surface area (Å²) in [5.74, 6) is 0. The molecule has 0 N–H and O–H groups in total. The molecule has 0 bridgehead atoms. The molecule has 0 fully saturated rings. The van der Waals surface area contributed by atoms with E-state index in [1.165, 1.54) is 0 Å². The second kappa shape index (κ2) is 6.47. The first-order valence-corrected chi connectivity index (χ1v) is 3.80. The summed E-state index contributed by atoms with van der Waals surface area (Å²) in [5, 5.41) is 11.8. The van der Waals surface area contributed by atoms with Gasteiger partial charge in [-0.25, -0.2) is 0 Å². The van der Waals surface area contributed by atoms with E-state index in [1.54, 1.807) is 0 Å². The van der Waals surface area contributed by atoms with Gasteiger partial charge < -0.3 is 4.90 Å². The Morgan fingerprint density at radius 2 is 2.42 bits per heavy atom. The first-order chi connectivity index (χ1) is 5.72. The van der Waals surface area contributed by atoms with Crippen molar-refractivity contribution < 1.29 is 0 Å². The lowest BCUT2D eigenvalue weighted by Gasteiger charge is -2.21. The molecule has 0 amide bonds. The second-order valence-electron chi connectivity index (χ2n) is 2.65. The highest BCUT2D eigenvalue weighted by atomic mass is 15.2. The van der Waals surface area contributed by atoms with Crippen molar-refractivity contribution >= 4 is 0 Å². The van der Waals surface area contributed by atoms with E-state index in [9.17, 15) is 0 Å². The van der Waals surface area contributed by atoms with Gasteiger partial charge in [0.25, 0.3) is 0 Å². The van der Waals surface area contributed by atoms with Gasteiger partial charge >= 0.3 is 0 Å². The number of hydrogen-bond donors (Lipinski definition) is 0. The Bertz CT molecular complexity index is 200. The van der Waals surface area contributed by atoms with E-state index in [1.807, 2.05) is 18.9 Å². The van der Waals surface area contributed by atoms with Crippen molar-refractivity contribution in [3.05, 3.63) is 10.4 Å². The smallest absolute Gasteiger partial charge is 0.0638 e. The van der Waals surface area contributed by atoms with Gasteiger partial charge in [-0.1, -0.05) is 5.11 Å². The summed E-state index contributed by atoms with van der Waals surface area (Å²) < 4.78 is 0. The first-order valence-electron chi connectivity index (χ1n) is 3.80. The normalized spacial score (nSPS) is 11.8. The van der Waals surface area contributed by atoms with Crippen molar-refractivity contribution in [2.75, 3.05) is 20.1 Å². The zero-order chi connectivity index (χ0) is 9.40. The molecule has 0 aliphatic rings. The van der Waals surface area contributed by atoms with Crippen LogP contribution in [0.3, 0.4) is 0 Å². The molecule has 0 aromatic carbocycles. The lowest BCUT2D eigenvalue weighted by Crippen LogP contribution is -2.30. The highest BCUT2D eigenvalue weighted by molar-refractivity contribution is 4.78. The van der Waals surface area contributed by atoms with Crippen LogP contribution in [-0.2, 0) is 0 Å². The number of nitriles is 1. The van der Waals surface area contributed by atoms with E-state index >= 15 is 0 Å². The third-order valence-corrected chi connectivity index (χ3v) is 1.76. The molecule has 66 valence electrons. The molecule has 0 rings (SSSR count). The summed E-state index contributed by atoms with van der Waals surface area (Å²) in [6.45, 7) is 3.13. The Balaban J connectivity index is 3.64. The summed E-state index contributed by atoms with van der Waals surface area (Å²) in [5.41, 5.74) is 8.01. The Morgan fingerprint density at radius 1 is 1.75 bits per heavy atom. The van der Waals surface area contributed by atoms with Crippen molar-refractivity contribution in [3.63, 3.8) is 0 Å². The SMILES string of the molecule is CC(CC#N)N(C)CCN=[N+]=[N-]. The van der Waals surface area contributed by atoms with Crippen LogP contribution in [0.2, 0.25) is 0 Å². The molecule has 0 radical (unpaired) electrons. The van der Waals surface area contributed by atoms with E-state index in [0.29, 0.717) is 19.5 Å². The monoisotopic (exact) mass is 167 g/mol. The number of hydrogen-bond acceptors (Lipinski definition) is 3. The van der Waals surface area contributed by atoms with Crippen LogP contribution >= 0.6 is 0 Å². The van der Waals surface area contributed by atoms with Crippen LogP contribution in [0.25, 0.3) is 10.4 Å². The molecular weight excluding hydrogens is 154 g/mol. The maximum Gasteiger partial charge on any atom is 0.0638 e. The van der Waals surface area contributed by atoms with Crippen LogP contribution in [0, 0.1) is 11.3 Å². The first kappa shape index (κ1) is 10.8. The second-order valence-corrected chi connectivity index (χ2v) is 2.65. The van der Waals surface area contributed by atoms with E-state index < -0.39 is 0 Å². The van der Waals surface area contributed by atoms with Crippen LogP contribution < -0.4 is 0 Å². The van der Waals surface area contributed by atoms with Gasteiger partial charge in [-0.05, 0) is 19.5 Å². The molecule has 0 aromatic rings.